The molecule has 0 radical (unpaired) electrons. The molecule has 1 fully saturated rings. The topological polar surface area (TPSA) is 70.7 Å². The molecular formula is C25H32N4O3. The first-order chi connectivity index (χ1) is 15.6. The molecule has 3 aromatic rings. The number of nitrogens with one attached hydrogen (secondary N) is 1. The second-order valence-corrected chi connectivity index (χ2v) is 8.46. The summed E-state index contributed by atoms with van der Waals surface area (Å²) in [4.78, 5) is 24.3. The summed E-state index contributed by atoms with van der Waals surface area (Å²) >= 11 is 0. The van der Waals surface area contributed by atoms with Crippen molar-refractivity contribution in [3.63, 3.8) is 0 Å². The molecule has 1 unspecified atom stereocenters. The van der Waals surface area contributed by atoms with E-state index < -0.39 is 0 Å². The quantitative estimate of drug-likeness (QED) is 0.582. The highest BCUT2D eigenvalue weighted by molar-refractivity contribution is 5.81. The first-order valence-corrected chi connectivity index (χ1v) is 11.2. The molecule has 1 N–H and O–H groups in total. The number of piperidine rings is 1. The van der Waals surface area contributed by atoms with Crippen LogP contribution in [0.3, 0.4) is 0 Å². The summed E-state index contributed by atoms with van der Waals surface area (Å²) in [5.74, 6) is 1.95. The molecule has 4 rings (SSSR count). The number of aromatic nitrogens is 2. The van der Waals surface area contributed by atoms with Gasteiger partial charge >= 0.3 is 0 Å². The lowest BCUT2D eigenvalue weighted by Gasteiger charge is -2.32. The number of H-pyrrole nitrogens is 1. The van der Waals surface area contributed by atoms with Crippen LogP contribution in [0.2, 0.25) is 0 Å². The summed E-state index contributed by atoms with van der Waals surface area (Å²) in [6.45, 7) is 5.39. The number of likely N-dealkylation sites (N-methyl/N-ethyl adjacent to an activating group) is 1. The number of hydrogen-bond acceptors (Lipinski definition) is 5. The summed E-state index contributed by atoms with van der Waals surface area (Å²) in [5, 5.41) is 1.15. The van der Waals surface area contributed by atoms with Crippen molar-refractivity contribution in [1.82, 2.24) is 19.8 Å². The Morgan fingerprint density at radius 2 is 2.06 bits per heavy atom. The van der Waals surface area contributed by atoms with Crippen LogP contribution in [0.1, 0.15) is 36.9 Å². The average molecular weight is 437 g/mol. The standard InChI is InChI=1S/C25H32N4O3/c1-18(30)29-13-7-8-19(16-29)24-21(20-9-6-12-26-25(20)27-24)17-28(2)14-15-32-23-11-5-4-10-22(23)31-3/h4-6,9-12,19H,7-8,13-17H2,1-3H3,(H,26,27). The molecule has 1 amide bonds. The minimum atomic E-state index is 0.149. The maximum atomic E-state index is 12.0. The van der Waals surface area contributed by atoms with Crippen LogP contribution < -0.4 is 9.47 Å². The predicted molar refractivity (Wildman–Crippen MR) is 125 cm³/mol. The van der Waals surface area contributed by atoms with Gasteiger partial charge in [0.05, 0.1) is 7.11 Å². The number of carbonyl (C=O) groups is 1. The van der Waals surface area contributed by atoms with E-state index >= 15 is 0 Å². The van der Waals surface area contributed by atoms with Gasteiger partial charge in [-0.15, -0.1) is 0 Å². The smallest absolute Gasteiger partial charge is 0.219 e. The number of fused-ring (bicyclic) bond motifs is 1. The lowest BCUT2D eigenvalue weighted by molar-refractivity contribution is -0.130. The molecule has 0 spiro atoms. The van der Waals surface area contributed by atoms with Crippen LogP contribution in [-0.4, -0.2) is 66.1 Å². The first kappa shape index (κ1) is 22.1. The molecule has 0 saturated carbocycles. The molecule has 2 aromatic heterocycles. The second kappa shape index (κ2) is 10.0. The number of carbonyl (C=O) groups excluding carboxylic acids is 1. The van der Waals surface area contributed by atoms with E-state index in [4.69, 9.17) is 9.47 Å². The van der Waals surface area contributed by atoms with E-state index in [0.29, 0.717) is 12.5 Å². The second-order valence-electron chi connectivity index (χ2n) is 8.46. The number of para-hydroxylation sites is 2. The zero-order valence-corrected chi connectivity index (χ0v) is 19.1. The van der Waals surface area contributed by atoms with Gasteiger partial charge in [-0.3, -0.25) is 9.69 Å². The van der Waals surface area contributed by atoms with Crippen LogP contribution in [-0.2, 0) is 11.3 Å². The van der Waals surface area contributed by atoms with Gasteiger partial charge in [0, 0.05) is 56.3 Å². The number of pyridine rings is 1. The Morgan fingerprint density at radius 3 is 2.84 bits per heavy atom. The Hall–Kier alpha value is -3.06. The Morgan fingerprint density at radius 1 is 1.25 bits per heavy atom. The largest absolute Gasteiger partial charge is 0.493 e. The van der Waals surface area contributed by atoms with Gasteiger partial charge < -0.3 is 19.4 Å². The molecule has 1 aliphatic heterocycles. The van der Waals surface area contributed by atoms with E-state index in [-0.39, 0.29) is 5.91 Å². The van der Waals surface area contributed by atoms with Crippen molar-refractivity contribution in [2.45, 2.75) is 32.2 Å². The lowest BCUT2D eigenvalue weighted by Crippen LogP contribution is -2.38. The number of rotatable bonds is 8. The van der Waals surface area contributed by atoms with Crippen molar-refractivity contribution >= 4 is 16.9 Å². The molecule has 1 aromatic carbocycles. The fourth-order valence-electron chi connectivity index (χ4n) is 4.51. The van der Waals surface area contributed by atoms with E-state index in [1.165, 1.54) is 11.3 Å². The first-order valence-electron chi connectivity index (χ1n) is 11.2. The maximum Gasteiger partial charge on any atom is 0.219 e. The van der Waals surface area contributed by atoms with E-state index in [2.05, 4.69) is 28.0 Å². The third-order valence-electron chi connectivity index (χ3n) is 6.21. The van der Waals surface area contributed by atoms with Gasteiger partial charge in [0.2, 0.25) is 5.91 Å². The third kappa shape index (κ3) is 4.88. The summed E-state index contributed by atoms with van der Waals surface area (Å²) in [7, 11) is 3.76. The van der Waals surface area contributed by atoms with Crippen molar-refractivity contribution in [1.29, 1.82) is 0 Å². The van der Waals surface area contributed by atoms with E-state index in [9.17, 15) is 4.79 Å². The lowest BCUT2D eigenvalue weighted by atomic mass is 9.91. The number of ether oxygens (including phenoxy) is 2. The van der Waals surface area contributed by atoms with E-state index in [1.54, 1.807) is 14.0 Å². The molecule has 7 nitrogen and oxygen atoms in total. The minimum Gasteiger partial charge on any atom is -0.493 e. The Kier molecular flexibility index (Phi) is 6.95. The number of benzene rings is 1. The van der Waals surface area contributed by atoms with Gasteiger partial charge in [-0.05, 0) is 49.7 Å². The maximum absolute atomic E-state index is 12.0. The zero-order chi connectivity index (χ0) is 22.5. The Labute approximate surface area is 189 Å². The number of aromatic amines is 1. The molecule has 7 heteroatoms. The number of methoxy groups -OCH3 is 1. The van der Waals surface area contributed by atoms with Crippen molar-refractivity contribution in [2.75, 3.05) is 40.4 Å². The van der Waals surface area contributed by atoms with Crippen LogP contribution in [0.15, 0.2) is 42.6 Å². The van der Waals surface area contributed by atoms with Crippen molar-refractivity contribution in [3.8, 4) is 11.5 Å². The van der Waals surface area contributed by atoms with Gasteiger partial charge in [-0.1, -0.05) is 12.1 Å². The van der Waals surface area contributed by atoms with Crippen LogP contribution in [0.25, 0.3) is 11.0 Å². The van der Waals surface area contributed by atoms with Crippen LogP contribution in [0, 0.1) is 0 Å². The summed E-state index contributed by atoms with van der Waals surface area (Å²) in [6, 6.07) is 11.8. The number of hydrogen-bond donors (Lipinski definition) is 1. The van der Waals surface area contributed by atoms with Crippen molar-refractivity contribution < 1.29 is 14.3 Å². The van der Waals surface area contributed by atoms with Crippen LogP contribution >= 0.6 is 0 Å². The van der Waals surface area contributed by atoms with Gasteiger partial charge in [-0.2, -0.15) is 0 Å². The highest BCUT2D eigenvalue weighted by atomic mass is 16.5. The molecule has 1 aliphatic rings. The molecule has 1 saturated heterocycles. The summed E-state index contributed by atoms with van der Waals surface area (Å²) in [6.07, 6.45) is 3.92. The van der Waals surface area contributed by atoms with E-state index in [0.717, 1.165) is 61.6 Å². The normalized spacial score (nSPS) is 16.5. The van der Waals surface area contributed by atoms with E-state index in [1.807, 2.05) is 41.4 Å². The number of nitrogens with zero attached hydrogens (tertiary/aromatic N) is 3. The van der Waals surface area contributed by atoms with Gasteiger partial charge in [0.1, 0.15) is 12.3 Å². The van der Waals surface area contributed by atoms with Crippen molar-refractivity contribution in [2.24, 2.45) is 0 Å². The van der Waals surface area contributed by atoms with Gasteiger partial charge in [-0.25, -0.2) is 4.98 Å². The van der Waals surface area contributed by atoms with Crippen LogP contribution in [0.4, 0.5) is 0 Å². The van der Waals surface area contributed by atoms with Gasteiger partial charge in [0.15, 0.2) is 11.5 Å². The molecule has 32 heavy (non-hydrogen) atoms. The monoisotopic (exact) mass is 436 g/mol. The molecule has 1 atom stereocenters. The Balaban J connectivity index is 1.48. The minimum absolute atomic E-state index is 0.149. The molecule has 0 aliphatic carbocycles. The predicted octanol–water partition coefficient (Wildman–Crippen LogP) is 3.81. The molecule has 170 valence electrons. The summed E-state index contributed by atoms with van der Waals surface area (Å²) < 4.78 is 11.3. The highest BCUT2D eigenvalue weighted by Crippen LogP contribution is 2.33. The summed E-state index contributed by atoms with van der Waals surface area (Å²) in [5.41, 5.74) is 3.39. The van der Waals surface area contributed by atoms with Crippen LogP contribution in [0.5, 0.6) is 11.5 Å². The molecule has 3 heterocycles. The highest BCUT2D eigenvalue weighted by Gasteiger charge is 2.27. The number of likely N-dealkylation sites (tertiary alicyclic amines) is 1. The molecular weight excluding hydrogens is 404 g/mol. The fraction of sp³-hybridized carbons (Fsp3) is 0.440. The number of amides is 1. The third-order valence-corrected chi connectivity index (χ3v) is 6.21. The zero-order valence-electron chi connectivity index (χ0n) is 19.1. The Bertz CT molecular complexity index is 1060. The fourth-order valence-corrected chi connectivity index (χ4v) is 4.51. The van der Waals surface area contributed by atoms with Crippen molar-refractivity contribution in [3.05, 3.63) is 53.9 Å². The average Bonchev–Trinajstić information content (AvgIpc) is 3.18. The SMILES string of the molecule is COc1ccccc1OCCN(C)Cc1c(C2CCCN(C(C)=O)C2)[nH]c2ncccc12. The molecule has 0 bridgehead atoms. The van der Waals surface area contributed by atoms with Gasteiger partial charge in [0.25, 0.3) is 0 Å².